The summed E-state index contributed by atoms with van der Waals surface area (Å²) in [6.45, 7) is 5.78. The van der Waals surface area contributed by atoms with E-state index in [9.17, 15) is 4.79 Å². The molecule has 0 radical (unpaired) electrons. The lowest BCUT2D eigenvalue weighted by molar-refractivity contribution is -0.146. The third-order valence-corrected chi connectivity index (χ3v) is 4.63. The van der Waals surface area contributed by atoms with Gasteiger partial charge in [0.1, 0.15) is 6.10 Å². The van der Waals surface area contributed by atoms with Crippen molar-refractivity contribution in [2.75, 3.05) is 0 Å². The molecule has 23 heavy (non-hydrogen) atoms. The fourth-order valence-electron chi connectivity index (χ4n) is 3.16. The van der Waals surface area contributed by atoms with Crippen LogP contribution in [-0.2, 0) is 9.53 Å². The minimum absolute atomic E-state index is 0.0809. The van der Waals surface area contributed by atoms with Crippen LogP contribution in [0, 0.1) is 13.8 Å². The number of hydrogen-bond acceptors (Lipinski definition) is 2. The molecule has 1 saturated carbocycles. The van der Waals surface area contributed by atoms with Crippen molar-refractivity contribution in [2.45, 2.75) is 39.7 Å². The van der Waals surface area contributed by atoms with Crippen molar-refractivity contribution in [3.63, 3.8) is 0 Å². The van der Waals surface area contributed by atoms with Crippen LogP contribution >= 0.6 is 0 Å². The molecule has 0 aromatic heterocycles. The molecule has 1 aliphatic rings. The highest BCUT2D eigenvalue weighted by Crippen LogP contribution is 2.40. The van der Waals surface area contributed by atoms with Gasteiger partial charge in [0.15, 0.2) is 0 Å². The molecule has 0 bridgehead atoms. The van der Waals surface area contributed by atoms with Crippen molar-refractivity contribution in [1.29, 1.82) is 0 Å². The topological polar surface area (TPSA) is 26.3 Å². The highest BCUT2D eigenvalue weighted by molar-refractivity contribution is 5.85. The molecule has 1 atom stereocenters. The molecule has 118 valence electrons. The van der Waals surface area contributed by atoms with E-state index in [1.807, 2.05) is 6.07 Å². The zero-order valence-electron chi connectivity index (χ0n) is 13.9. The molecule has 0 N–H and O–H groups in total. The van der Waals surface area contributed by atoms with Crippen LogP contribution in [0.1, 0.15) is 42.0 Å². The normalized spacial score (nSPS) is 19.0. The third-order valence-electron chi connectivity index (χ3n) is 4.63. The van der Waals surface area contributed by atoms with Crippen LogP contribution < -0.4 is 0 Å². The number of ether oxygens (including phenoxy) is 1. The van der Waals surface area contributed by atoms with Crippen molar-refractivity contribution in [3.05, 3.63) is 76.4 Å². The van der Waals surface area contributed by atoms with E-state index in [1.165, 1.54) is 40.3 Å². The molecule has 3 rings (SSSR count). The van der Waals surface area contributed by atoms with Crippen molar-refractivity contribution in [2.24, 2.45) is 0 Å². The van der Waals surface area contributed by atoms with Crippen molar-refractivity contribution in [1.82, 2.24) is 0 Å². The van der Waals surface area contributed by atoms with E-state index in [0.29, 0.717) is 0 Å². The molecule has 2 aromatic rings. The van der Waals surface area contributed by atoms with E-state index < -0.39 is 0 Å². The molecule has 0 aliphatic heterocycles. The van der Waals surface area contributed by atoms with Gasteiger partial charge < -0.3 is 4.74 Å². The molecule has 2 heteroatoms. The Morgan fingerprint density at radius 3 is 2.39 bits per heavy atom. The van der Waals surface area contributed by atoms with Gasteiger partial charge in [0, 0.05) is 6.92 Å². The van der Waals surface area contributed by atoms with Crippen LogP contribution in [0.25, 0.3) is 5.57 Å². The van der Waals surface area contributed by atoms with E-state index in [2.05, 4.69) is 56.3 Å². The summed E-state index contributed by atoms with van der Waals surface area (Å²) < 4.78 is 5.50. The molecule has 1 unspecified atom stereocenters. The van der Waals surface area contributed by atoms with E-state index in [0.717, 1.165) is 12.8 Å². The second kappa shape index (κ2) is 6.41. The maximum atomic E-state index is 11.4. The zero-order valence-corrected chi connectivity index (χ0v) is 13.9. The molecular weight excluding hydrogens is 284 g/mol. The second-order valence-corrected chi connectivity index (χ2v) is 6.15. The number of benzene rings is 2. The summed E-state index contributed by atoms with van der Waals surface area (Å²) >= 11 is 0. The zero-order chi connectivity index (χ0) is 16.4. The first-order valence-corrected chi connectivity index (χ1v) is 8.10. The maximum Gasteiger partial charge on any atom is 0.303 e. The predicted molar refractivity (Wildman–Crippen MR) is 93.2 cm³/mol. The van der Waals surface area contributed by atoms with Gasteiger partial charge in [-0.3, -0.25) is 4.79 Å². The maximum absolute atomic E-state index is 11.4. The molecule has 1 aliphatic carbocycles. The lowest BCUT2D eigenvalue weighted by Gasteiger charge is -2.33. The van der Waals surface area contributed by atoms with Gasteiger partial charge in [-0.15, -0.1) is 0 Å². The number of aryl methyl sites for hydroxylation is 1. The molecule has 0 amide bonds. The standard InChI is InChI=1S/C21H22O2/c1-14-8-7-11-18(15(14)2)21(17-9-5-4-6-10-17)19-12-13-20(19)23-16(3)22/h4-11,20H,12-13H2,1-3H3/b21-19+. The lowest BCUT2D eigenvalue weighted by Crippen LogP contribution is -2.29. The Labute approximate surface area is 137 Å². The highest BCUT2D eigenvalue weighted by Gasteiger charge is 2.31. The SMILES string of the molecule is CC(=O)OC1CC/C1=C(/c1ccccc1)c1cccc(C)c1C. The van der Waals surface area contributed by atoms with Gasteiger partial charge in [0.25, 0.3) is 0 Å². The van der Waals surface area contributed by atoms with Crippen molar-refractivity contribution in [3.8, 4) is 0 Å². The first kappa shape index (κ1) is 15.5. The number of hydrogen-bond donors (Lipinski definition) is 0. The van der Waals surface area contributed by atoms with E-state index >= 15 is 0 Å². The Morgan fingerprint density at radius 1 is 1.04 bits per heavy atom. The number of carbonyl (C=O) groups is 1. The van der Waals surface area contributed by atoms with Crippen LogP contribution in [0.15, 0.2) is 54.1 Å². The van der Waals surface area contributed by atoms with E-state index in [1.54, 1.807) is 0 Å². The van der Waals surface area contributed by atoms with Crippen molar-refractivity contribution >= 4 is 11.5 Å². The van der Waals surface area contributed by atoms with Crippen molar-refractivity contribution < 1.29 is 9.53 Å². The predicted octanol–water partition coefficient (Wildman–Crippen LogP) is 4.83. The first-order valence-electron chi connectivity index (χ1n) is 8.10. The molecule has 0 heterocycles. The first-order chi connectivity index (χ1) is 11.1. The van der Waals surface area contributed by atoms with Gasteiger partial charge >= 0.3 is 5.97 Å². The molecule has 1 fully saturated rings. The minimum atomic E-state index is -0.208. The fraction of sp³-hybridized carbons (Fsp3) is 0.286. The average Bonchev–Trinajstić information content (AvgIpc) is 2.53. The largest absolute Gasteiger partial charge is 0.458 e. The van der Waals surface area contributed by atoms with E-state index in [4.69, 9.17) is 4.74 Å². The van der Waals surface area contributed by atoms with Gasteiger partial charge in [0.05, 0.1) is 0 Å². The molecule has 2 nitrogen and oxygen atoms in total. The Kier molecular flexibility index (Phi) is 4.33. The third kappa shape index (κ3) is 3.07. The molecule has 0 saturated heterocycles. The quantitative estimate of drug-likeness (QED) is 0.759. The molecule has 2 aromatic carbocycles. The Hall–Kier alpha value is -2.35. The number of carbonyl (C=O) groups excluding carboxylic acids is 1. The van der Waals surface area contributed by atoms with Gasteiger partial charge in [-0.1, -0.05) is 48.5 Å². The highest BCUT2D eigenvalue weighted by atomic mass is 16.5. The monoisotopic (exact) mass is 306 g/mol. The van der Waals surface area contributed by atoms with Gasteiger partial charge in [-0.25, -0.2) is 0 Å². The number of rotatable bonds is 3. The van der Waals surface area contributed by atoms with Crippen LogP contribution in [-0.4, -0.2) is 12.1 Å². The van der Waals surface area contributed by atoms with Gasteiger partial charge in [-0.05, 0) is 60.1 Å². The summed E-state index contributed by atoms with van der Waals surface area (Å²) in [5.41, 5.74) is 7.45. The number of esters is 1. The second-order valence-electron chi connectivity index (χ2n) is 6.15. The Bertz CT molecular complexity index is 757. The van der Waals surface area contributed by atoms with Crippen LogP contribution in [0.3, 0.4) is 0 Å². The van der Waals surface area contributed by atoms with Gasteiger partial charge in [0.2, 0.25) is 0 Å². The van der Waals surface area contributed by atoms with Gasteiger partial charge in [-0.2, -0.15) is 0 Å². The summed E-state index contributed by atoms with van der Waals surface area (Å²) in [5.74, 6) is -0.208. The Morgan fingerprint density at radius 2 is 1.78 bits per heavy atom. The van der Waals surface area contributed by atoms with Crippen LogP contribution in [0.2, 0.25) is 0 Å². The summed E-state index contributed by atoms with van der Waals surface area (Å²) in [6, 6.07) is 16.8. The molecular formula is C21H22O2. The minimum Gasteiger partial charge on any atom is -0.458 e. The summed E-state index contributed by atoms with van der Waals surface area (Å²) in [6.07, 6.45) is 1.81. The Balaban J connectivity index is 2.16. The smallest absolute Gasteiger partial charge is 0.303 e. The summed E-state index contributed by atoms with van der Waals surface area (Å²) in [4.78, 5) is 11.4. The molecule has 0 spiro atoms. The average molecular weight is 306 g/mol. The summed E-state index contributed by atoms with van der Waals surface area (Å²) in [5, 5.41) is 0. The lowest BCUT2D eigenvalue weighted by atomic mass is 9.78. The summed E-state index contributed by atoms with van der Waals surface area (Å²) in [7, 11) is 0. The van der Waals surface area contributed by atoms with Crippen LogP contribution in [0.4, 0.5) is 0 Å². The van der Waals surface area contributed by atoms with Crippen LogP contribution in [0.5, 0.6) is 0 Å². The van der Waals surface area contributed by atoms with E-state index in [-0.39, 0.29) is 12.1 Å². The fourth-order valence-corrected chi connectivity index (χ4v) is 3.16.